The largest absolute Gasteiger partial charge is 0.432 e. The summed E-state index contributed by atoms with van der Waals surface area (Å²) in [5.74, 6) is -0.702. The fraction of sp³-hybridized carbons (Fsp3) is 0.444. The summed E-state index contributed by atoms with van der Waals surface area (Å²) in [5.41, 5.74) is 5.32. The number of nitrogen functional groups attached to an aromatic ring is 1. The molecule has 0 spiro atoms. The predicted octanol–water partition coefficient (Wildman–Crippen LogP) is 3.35. The average molecular weight is 434 g/mol. The van der Waals surface area contributed by atoms with Crippen molar-refractivity contribution < 1.29 is 22.4 Å². The van der Waals surface area contributed by atoms with Crippen LogP contribution < -0.4 is 5.73 Å². The van der Waals surface area contributed by atoms with E-state index in [4.69, 9.17) is 17.3 Å². The monoisotopic (exact) mass is 433 g/mol. The molecule has 1 aromatic heterocycles. The third-order valence-electron chi connectivity index (χ3n) is 4.79. The lowest BCUT2D eigenvalue weighted by atomic mass is 10.1. The lowest BCUT2D eigenvalue weighted by molar-refractivity contribution is -0.141. The second kappa shape index (κ2) is 8.58. The van der Waals surface area contributed by atoms with Crippen LogP contribution in [0.25, 0.3) is 0 Å². The second-order valence-corrected chi connectivity index (χ2v) is 7.29. The number of hydrogen-bond acceptors (Lipinski definition) is 4. The van der Waals surface area contributed by atoms with Gasteiger partial charge < -0.3 is 10.6 Å². The van der Waals surface area contributed by atoms with Crippen LogP contribution in [0.1, 0.15) is 28.2 Å². The van der Waals surface area contributed by atoms with Gasteiger partial charge in [0.2, 0.25) is 0 Å². The molecule has 1 atom stereocenters. The Morgan fingerprint density at radius 3 is 2.76 bits per heavy atom. The molecule has 3 rings (SSSR count). The molecule has 2 aromatic rings. The smallest absolute Gasteiger partial charge is 0.398 e. The zero-order valence-corrected chi connectivity index (χ0v) is 16.1. The molecule has 1 aliphatic rings. The van der Waals surface area contributed by atoms with E-state index in [0.717, 1.165) is 0 Å². The Balaban J connectivity index is 1.81. The van der Waals surface area contributed by atoms with E-state index in [1.807, 2.05) is 10.00 Å². The Hall–Kier alpha value is -2.33. The summed E-state index contributed by atoms with van der Waals surface area (Å²) >= 11 is 6.19. The van der Waals surface area contributed by atoms with E-state index in [2.05, 4.69) is 5.10 Å². The Bertz CT molecular complexity index is 852. The first-order valence-corrected chi connectivity index (χ1v) is 9.34. The van der Waals surface area contributed by atoms with E-state index in [1.54, 1.807) is 18.2 Å². The Morgan fingerprint density at radius 1 is 1.41 bits per heavy atom. The van der Waals surface area contributed by atoms with Gasteiger partial charge in [0.15, 0.2) is 5.69 Å². The van der Waals surface area contributed by atoms with Gasteiger partial charge in [-0.2, -0.15) is 18.3 Å². The SMILES string of the molecule is Nc1cccc(Cl)c1CN(CCN1CC[C@@H](F)C1)C(=O)c1cc(C(F)(F)F)[nH]n1. The highest BCUT2D eigenvalue weighted by Crippen LogP contribution is 2.29. The number of aromatic nitrogens is 2. The highest BCUT2D eigenvalue weighted by atomic mass is 35.5. The molecule has 0 aliphatic carbocycles. The predicted molar refractivity (Wildman–Crippen MR) is 100 cm³/mol. The molecule has 1 aromatic carbocycles. The van der Waals surface area contributed by atoms with Crippen molar-refractivity contribution in [2.45, 2.75) is 25.3 Å². The van der Waals surface area contributed by atoms with Gasteiger partial charge in [0.1, 0.15) is 11.9 Å². The lowest BCUT2D eigenvalue weighted by Gasteiger charge is -2.26. The van der Waals surface area contributed by atoms with Crippen LogP contribution in [0.3, 0.4) is 0 Å². The Kier molecular flexibility index (Phi) is 6.33. The normalized spacial score (nSPS) is 17.6. The van der Waals surface area contributed by atoms with Gasteiger partial charge in [-0.05, 0) is 18.6 Å². The molecule has 0 saturated carbocycles. The molecular formula is C18H20ClF4N5O. The number of nitrogens with one attached hydrogen (secondary N) is 1. The van der Waals surface area contributed by atoms with Gasteiger partial charge in [-0.25, -0.2) is 4.39 Å². The molecule has 0 bridgehead atoms. The van der Waals surface area contributed by atoms with Gasteiger partial charge >= 0.3 is 6.18 Å². The minimum absolute atomic E-state index is 0.00849. The van der Waals surface area contributed by atoms with Gasteiger partial charge in [-0.15, -0.1) is 0 Å². The topological polar surface area (TPSA) is 78.2 Å². The van der Waals surface area contributed by atoms with Gasteiger partial charge in [-0.1, -0.05) is 17.7 Å². The van der Waals surface area contributed by atoms with Crippen molar-refractivity contribution in [2.24, 2.45) is 0 Å². The molecule has 2 heterocycles. The summed E-state index contributed by atoms with van der Waals surface area (Å²) in [6.07, 6.45) is -5.14. The van der Waals surface area contributed by atoms with Crippen LogP contribution in [0.4, 0.5) is 23.2 Å². The molecule has 3 N–H and O–H groups in total. The number of carbonyl (C=O) groups is 1. The number of hydrogen-bond donors (Lipinski definition) is 2. The van der Waals surface area contributed by atoms with Crippen molar-refractivity contribution in [3.05, 3.63) is 46.2 Å². The number of halogens is 5. The first kappa shape index (κ1) is 21.4. The molecule has 6 nitrogen and oxygen atoms in total. The third kappa shape index (κ3) is 5.18. The van der Waals surface area contributed by atoms with Gasteiger partial charge in [0, 0.05) is 55.1 Å². The highest BCUT2D eigenvalue weighted by molar-refractivity contribution is 6.31. The van der Waals surface area contributed by atoms with E-state index in [-0.39, 0.29) is 25.3 Å². The molecule has 0 unspecified atom stereocenters. The average Bonchev–Trinajstić information content (AvgIpc) is 3.29. The van der Waals surface area contributed by atoms with Crippen LogP contribution in [-0.4, -0.2) is 58.3 Å². The van der Waals surface area contributed by atoms with E-state index in [9.17, 15) is 22.4 Å². The first-order chi connectivity index (χ1) is 13.6. The Morgan fingerprint density at radius 2 is 2.17 bits per heavy atom. The van der Waals surface area contributed by atoms with Gasteiger partial charge in [0.05, 0.1) is 0 Å². The lowest BCUT2D eigenvalue weighted by Crippen LogP contribution is -2.38. The highest BCUT2D eigenvalue weighted by Gasteiger charge is 2.34. The summed E-state index contributed by atoms with van der Waals surface area (Å²) in [5, 5.41) is 5.68. The second-order valence-electron chi connectivity index (χ2n) is 6.89. The quantitative estimate of drug-likeness (QED) is 0.541. The van der Waals surface area contributed by atoms with Gasteiger partial charge in [0.25, 0.3) is 5.91 Å². The van der Waals surface area contributed by atoms with Crippen LogP contribution in [0.5, 0.6) is 0 Å². The number of carbonyl (C=O) groups excluding carboxylic acids is 1. The molecule has 158 valence electrons. The van der Waals surface area contributed by atoms with E-state index < -0.39 is 23.9 Å². The zero-order valence-electron chi connectivity index (χ0n) is 15.3. The van der Waals surface area contributed by atoms with Gasteiger partial charge in [-0.3, -0.25) is 14.8 Å². The number of rotatable bonds is 6. The first-order valence-electron chi connectivity index (χ1n) is 8.96. The maximum absolute atomic E-state index is 13.4. The zero-order chi connectivity index (χ0) is 21.2. The number of amides is 1. The van der Waals surface area contributed by atoms with Crippen molar-refractivity contribution in [1.29, 1.82) is 0 Å². The Labute approximate surface area is 169 Å². The molecule has 29 heavy (non-hydrogen) atoms. The van der Waals surface area contributed by atoms with Crippen LogP contribution in [0.2, 0.25) is 5.02 Å². The summed E-state index contributed by atoms with van der Waals surface area (Å²) in [7, 11) is 0. The number of likely N-dealkylation sites (tertiary alicyclic amines) is 1. The summed E-state index contributed by atoms with van der Waals surface area (Å²) in [6, 6.07) is 5.55. The number of aromatic amines is 1. The minimum atomic E-state index is -4.64. The molecule has 1 amide bonds. The maximum atomic E-state index is 13.4. The van der Waals surface area contributed by atoms with Crippen molar-refractivity contribution >= 4 is 23.2 Å². The molecule has 1 aliphatic heterocycles. The number of benzene rings is 1. The number of H-pyrrole nitrogens is 1. The standard InChI is InChI=1S/C18H20ClF4N5O/c19-13-2-1-3-14(24)12(13)10-28(7-6-27-5-4-11(20)9-27)17(29)15-8-16(26-25-15)18(21,22)23/h1-3,8,11H,4-7,9-10,24H2,(H,25,26)/t11-/m1/s1. The number of anilines is 1. The van der Waals surface area contributed by atoms with Crippen molar-refractivity contribution in [2.75, 3.05) is 31.9 Å². The van der Waals surface area contributed by atoms with E-state index in [0.29, 0.717) is 41.9 Å². The van der Waals surface area contributed by atoms with Crippen molar-refractivity contribution in [1.82, 2.24) is 20.0 Å². The van der Waals surface area contributed by atoms with Crippen molar-refractivity contribution in [3.8, 4) is 0 Å². The number of alkyl halides is 4. The fourth-order valence-electron chi connectivity index (χ4n) is 3.17. The van der Waals surface area contributed by atoms with Crippen LogP contribution in [-0.2, 0) is 12.7 Å². The third-order valence-corrected chi connectivity index (χ3v) is 5.15. The number of nitrogens with two attached hydrogens (primary N) is 1. The minimum Gasteiger partial charge on any atom is -0.398 e. The maximum Gasteiger partial charge on any atom is 0.432 e. The molecule has 0 radical (unpaired) electrons. The molecular weight excluding hydrogens is 414 g/mol. The fourth-order valence-corrected chi connectivity index (χ4v) is 3.42. The number of nitrogens with zero attached hydrogens (tertiary/aromatic N) is 3. The van der Waals surface area contributed by atoms with Crippen LogP contribution in [0, 0.1) is 0 Å². The molecule has 1 saturated heterocycles. The van der Waals surface area contributed by atoms with E-state index in [1.165, 1.54) is 4.90 Å². The van der Waals surface area contributed by atoms with Crippen LogP contribution >= 0.6 is 11.6 Å². The van der Waals surface area contributed by atoms with E-state index >= 15 is 0 Å². The van der Waals surface area contributed by atoms with Crippen molar-refractivity contribution in [3.63, 3.8) is 0 Å². The summed E-state index contributed by atoms with van der Waals surface area (Å²) < 4.78 is 51.9. The summed E-state index contributed by atoms with van der Waals surface area (Å²) in [4.78, 5) is 16.1. The molecule has 1 fully saturated rings. The van der Waals surface area contributed by atoms with Crippen LogP contribution in [0.15, 0.2) is 24.3 Å². The molecule has 11 heteroatoms. The summed E-state index contributed by atoms with van der Waals surface area (Å²) in [6.45, 7) is 1.33.